The Morgan fingerprint density at radius 1 is 1.19 bits per heavy atom. The third-order valence-corrected chi connectivity index (χ3v) is 3.74. The number of hydrogen-bond acceptors (Lipinski definition) is 6. The van der Waals surface area contributed by atoms with Crippen molar-refractivity contribution in [3.63, 3.8) is 0 Å². The van der Waals surface area contributed by atoms with Crippen molar-refractivity contribution < 1.29 is 13.2 Å². The van der Waals surface area contributed by atoms with E-state index < -0.39 is 10.0 Å². The Kier molecular flexibility index (Phi) is 4.71. The van der Waals surface area contributed by atoms with E-state index in [4.69, 9.17) is 9.88 Å². The lowest BCUT2D eigenvalue weighted by Crippen LogP contribution is -2.12. The molecule has 0 amide bonds. The molecule has 0 unspecified atom stereocenters. The van der Waals surface area contributed by atoms with Crippen LogP contribution in [0.2, 0.25) is 0 Å². The van der Waals surface area contributed by atoms with Gasteiger partial charge in [-0.05, 0) is 24.1 Å². The fraction of sp³-hybridized carbons (Fsp3) is 0.231. The monoisotopic (exact) mass is 308 g/mol. The summed E-state index contributed by atoms with van der Waals surface area (Å²) in [4.78, 5) is 8.28. The number of sulfonamides is 1. The Morgan fingerprint density at radius 2 is 1.81 bits per heavy atom. The van der Waals surface area contributed by atoms with Crippen LogP contribution in [0.25, 0.3) is 0 Å². The third kappa shape index (κ3) is 4.40. The van der Waals surface area contributed by atoms with Crippen molar-refractivity contribution in [2.75, 3.05) is 19.0 Å². The Hall–Kier alpha value is -2.19. The quantitative estimate of drug-likeness (QED) is 0.817. The van der Waals surface area contributed by atoms with E-state index in [9.17, 15) is 8.42 Å². The largest absolute Gasteiger partial charge is 0.494 e. The number of nitrogens with one attached hydrogen (secondary N) is 1. The third-order valence-electron chi connectivity index (χ3n) is 2.81. The van der Waals surface area contributed by atoms with Gasteiger partial charge in [0.15, 0.2) is 5.75 Å². The molecule has 0 bridgehead atoms. The molecule has 1 heterocycles. The molecule has 0 atom stereocenters. The second-order valence-electron chi connectivity index (χ2n) is 4.31. The van der Waals surface area contributed by atoms with Crippen LogP contribution in [0.15, 0.2) is 41.6 Å². The second-order valence-corrected chi connectivity index (χ2v) is 5.87. The molecule has 8 heteroatoms. The number of anilines is 1. The molecule has 0 saturated carbocycles. The number of hydrogen-bond donors (Lipinski definition) is 2. The summed E-state index contributed by atoms with van der Waals surface area (Å²) < 4.78 is 27.2. The van der Waals surface area contributed by atoms with Crippen LogP contribution in [0.5, 0.6) is 5.75 Å². The predicted octanol–water partition coefficient (Wildman–Crippen LogP) is 0.787. The first-order chi connectivity index (χ1) is 9.99. The first-order valence-corrected chi connectivity index (χ1v) is 7.75. The van der Waals surface area contributed by atoms with Gasteiger partial charge in [-0.1, -0.05) is 12.1 Å². The number of nitrogens with two attached hydrogens (primary N) is 1. The van der Waals surface area contributed by atoms with E-state index >= 15 is 0 Å². The molecule has 1 aromatic carbocycles. The topological polar surface area (TPSA) is 107 Å². The molecule has 0 fully saturated rings. The highest BCUT2D eigenvalue weighted by molar-refractivity contribution is 7.89. The highest BCUT2D eigenvalue weighted by Crippen LogP contribution is 2.10. The van der Waals surface area contributed by atoms with Gasteiger partial charge in [-0.2, -0.15) is 0 Å². The molecule has 3 N–H and O–H groups in total. The van der Waals surface area contributed by atoms with E-state index in [0.717, 1.165) is 5.56 Å². The smallest absolute Gasteiger partial charge is 0.238 e. The fourth-order valence-corrected chi connectivity index (χ4v) is 2.19. The summed E-state index contributed by atoms with van der Waals surface area (Å²) in [5.74, 6) is 1.11. The lowest BCUT2D eigenvalue weighted by Gasteiger charge is -2.06. The van der Waals surface area contributed by atoms with Crippen LogP contribution < -0.4 is 15.2 Å². The van der Waals surface area contributed by atoms with E-state index in [1.807, 2.05) is 0 Å². The van der Waals surface area contributed by atoms with Gasteiger partial charge >= 0.3 is 0 Å². The molecule has 0 aliphatic heterocycles. The predicted molar refractivity (Wildman–Crippen MR) is 78.6 cm³/mol. The van der Waals surface area contributed by atoms with E-state index in [-0.39, 0.29) is 4.90 Å². The van der Waals surface area contributed by atoms with Gasteiger partial charge in [0, 0.05) is 6.54 Å². The summed E-state index contributed by atoms with van der Waals surface area (Å²) >= 11 is 0. The van der Waals surface area contributed by atoms with Gasteiger partial charge in [0.2, 0.25) is 16.0 Å². The van der Waals surface area contributed by atoms with Gasteiger partial charge in [0.1, 0.15) is 0 Å². The molecular weight excluding hydrogens is 292 g/mol. The Bertz CT molecular complexity index is 684. The van der Waals surface area contributed by atoms with E-state index in [0.29, 0.717) is 24.7 Å². The zero-order chi connectivity index (χ0) is 15.3. The summed E-state index contributed by atoms with van der Waals surface area (Å²) in [5.41, 5.74) is 0.989. The van der Waals surface area contributed by atoms with Crippen molar-refractivity contribution in [3.8, 4) is 5.75 Å². The average molecular weight is 308 g/mol. The molecule has 0 aliphatic rings. The molecule has 0 spiro atoms. The minimum absolute atomic E-state index is 0.109. The van der Waals surface area contributed by atoms with Gasteiger partial charge in [-0.25, -0.2) is 23.5 Å². The maximum atomic E-state index is 11.1. The standard InChI is InChI=1S/C13H16N4O3S/c1-20-11-8-16-13(17-9-11)15-7-6-10-2-4-12(5-3-10)21(14,18)19/h2-5,8-9H,6-7H2,1H3,(H2,14,18,19)(H,15,16,17). The summed E-state index contributed by atoms with van der Waals surface area (Å²) in [5, 5.41) is 8.11. The highest BCUT2D eigenvalue weighted by Gasteiger charge is 2.06. The Morgan fingerprint density at radius 3 is 2.33 bits per heavy atom. The molecule has 7 nitrogen and oxygen atoms in total. The Labute approximate surface area is 123 Å². The van der Waals surface area contributed by atoms with Gasteiger partial charge in [0.25, 0.3) is 0 Å². The number of methoxy groups -OCH3 is 1. The number of primary sulfonamides is 1. The molecule has 21 heavy (non-hydrogen) atoms. The van der Waals surface area contributed by atoms with Crippen LogP contribution in [0.1, 0.15) is 5.56 Å². The summed E-state index contributed by atoms with van der Waals surface area (Å²) in [7, 11) is -2.08. The zero-order valence-corrected chi connectivity index (χ0v) is 12.3. The SMILES string of the molecule is COc1cnc(NCCc2ccc(S(N)(=O)=O)cc2)nc1. The first-order valence-electron chi connectivity index (χ1n) is 6.20. The van der Waals surface area contributed by atoms with Gasteiger partial charge in [-0.3, -0.25) is 0 Å². The van der Waals surface area contributed by atoms with Crippen LogP contribution in [0.4, 0.5) is 5.95 Å². The Balaban J connectivity index is 1.88. The van der Waals surface area contributed by atoms with E-state index in [1.165, 1.54) is 12.1 Å². The molecule has 2 rings (SSSR count). The number of nitrogens with zero attached hydrogens (tertiary/aromatic N) is 2. The lowest BCUT2D eigenvalue weighted by molar-refractivity contribution is 0.411. The van der Waals surface area contributed by atoms with Crippen LogP contribution in [0, 0.1) is 0 Å². The van der Waals surface area contributed by atoms with E-state index in [1.54, 1.807) is 31.6 Å². The van der Waals surface area contributed by atoms with Crippen LogP contribution in [-0.4, -0.2) is 32.0 Å². The fourth-order valence-electron chi connectivity index (χ4n) is 1.68. The van der Waals surface area contributed by atoms with Gasteiger partial charge in [-0.15, -0.1) is 0 Å². The van der Waals surface area contributed by atoms with E-state index in [2.05, 4.69) is 15.3 Å². The summed E-state index contributed by atoms with van der Waals surface area (Å²) in [6.45, 7) is 0.626. The molecule has 0 saturated heterocycles. The molecule has 112 valence electrons. The number of benzene rings is 1. The number of ether oxygens (including phenoxy) is 1. The maximum Gasteiger partial charge on any atom is 0.238 e. The summed E-state index contributed by atoms with van der Waals surface area (Å²) in [6, 6.07) is 6.45. The minimum Gasteiger partial charge on any atom is -0.494 e. The maximum absolute atomic E-state index is 11.1. The van der Waals surface area contributed by atoms with Crippen molar-refractivity contribution >= 4 is 16.0 Å². The van der Waals surface area contributed by atoms with Crippen molar-refractivity contribution in [2.45, 2.75) is 11.3 Å². The van der Waals surface area contributed by atoms with Crippen LogP contribution >= 0.6 is 0 Å². The molecule has 2 aromatic rings. The zero-order valence-electron chi connectivity index (χ0n) is 11.5. The molecule has 0 radical (unpaired) electrons. The van der Waals surface area contributed by atoms with Crippen LogP contribution in [-0.2, 0) is 16.4 Å². The minimum atomic E-state index is -3.64. The first kappa shape index (κ1) is 15.2. The van der Waals surface area contributed by atoms with Crippen LogP contribution in [0.3, 0.4) is 0 Å². The van der Waals surface area contributed by atoms with Crippen molar-refractivity contribution in [3.05, 3.63) is 42.2 Å². The lowest BCUT2D eigenvalue weighted by atomic mass is 10.1. The normalized spacial score (nSPS) is 11.1. The molecular formula is C13H16N4O3S. The molecule has 1 aromatic heterocycles. The number of aromatic nitrogens is 2. The van der Waals surface area contributed by atoms with Crippen molar-refractivity contribution in [2.24, 2.45) is 5.14 Å². The average Bonchev–Trinajstić information content (AvgIpc) is 2.47. The molecule has 0 aliphatic carbocycles. The number of rotatable bonds is 6. The van der Waals surface area contributed by atoms with Gasteiger partial charge < -0.3 is 10.1 Å². The highest BCUT2D eigenvalue weighted by atomic mass is 32.2. The summed E-state index contributed by atoms with van der Waals surface area (Å²) in [6.07, 6.45) is 3.87. The van der Waals surface area contributed by atoms with Crippen molar-refractivity contribution in [1.29, 1.82) is 0 Å². The van der Waals surface area contributed by atoms with Gasteiger partial charge in [0.05, 0.1) is 24.4 Å². The van der Waals surface area contributed by atoms with Crippen molar-refractivity contribution in [1.82, 2.24) is 9.97 Å². The second kappa shape index (κ2) is 6.51.